The molecule has 0 bridgehead atoms. The highest BCUT2D eigenvalue weighted by molar-refractivity contribution is 5.72. The predicted octanol–water partition coefficient (Wildman–Crippen LogP) is 2.71. The van der Waals surface area contributed by atoms with E-state index in [1.165, 1.54) is 12.7 Å². The molecule has 2 N–H and O–H groups in total. The number of benzene rings is 1. The van der Waals surface area contributed by atoms with Gasteiger partial charge in [0.05, 0.1) is 13.0 Å². The summed E-state index contributed by atoms with van der Waals surface area (Å²) in [6, 6.07) is 10.6. The zero-order valence-electron chi connectivity index (χ0n) is 11.5. The van der Waals surface area contributed by atoms with E-state index in [0.29, 0.717) is 18.4 Å². The van der Waals surface area contributed by atoms with Gasteiger partial charge in [-0.15, -0.1) is 0 Å². The van der Waals surface area contributed by atoms with Crippen LogP contribution in [0.1, 0.15) is 37.2 Å². The SMILES string of the molecule is COC(=O)C(CN)C1CCC(c2ccccc2)CC1. The molecule has 0 aliphatic heterocycles. The van der Waals surface area contributed by atoms with Gasteiger partial charge in [-0.3, -0.25) is 4.79 Å². The van der Waals surface area contributed by atoms with Gasteiger partial charge >= 0.3 is 5.97 Å². The number of ether oxygens (including phenoxy) is 1. The molecule has 0 aromatic heterocycles. The van der Waals surface area contributed by atoms with Crippen LogP contribution in [-0.2, 0) is 9.53 Å². The Morgan fingerprint density at radius 3 is 2.42 bits per heavy atom. The number of methoxy groups -OCH3 is 1. The van der Waals surface area contributed by atoms with Crippen molar-refractivity contribution in [2.45, 2.75) is 31.6 Å². The van der Waals surface area contributed by atoms with Gasteiger partial charge in [-0.25, -0.2) is 0 Å². The second-order valence-electron chi connectivity index (χ2n) is 5.39. The molecular weight excluding hydrogens is 238 g/mol. The van der Waals surface area contributed by atoms with Crippen LogP contribution in [0.5, 0.6) is 0 Å². The summed E-state index contributed by atoms with van der Waals surface area (Å²) in [5.74, 6) is 0.748. The molecule has 0 heterocycles. The summed E-state index contributed by atoms with van der Waals surface area (Å²) in [6.07, 6.45) is 4.41. The van der Waals surface area contributed by atoms with Gasteiger partial charge in [0.2, 0.25) is 0 Å². The number of rotatable bonds is 4. The summed E-state index contributed by atoms with van der Waals surface area (Å²) in [4.78, 5) is 11.7. The van der Waals surface area contributed by atoms with E-state index in [2.05, 4.69) is 30.3 Å². The molecule has 1 unspecified atom stereocenters. The van der Waals surface area contributed by atoms with E-state index in [1.54, 1.807) is 0 Å². The van der Waals surface area contributed by atoms with Crippen LogP contribution in [0.2, 0.25) is 0 Å². The van der Waals surface area contributed by atoms with E-state index >= 15 is 0 Å². The zero-order chi connectivity index (χ0) is 13.7. The first kappa shape index (κ1) is 14.1. The molecule has 1 fully saturated rings. The Labute approximate surface area is 115 Å². The number of carbonyl (C=O) groups excluding carboxylic acids is 1. The number of esters is 1. The Bertz CT molecular complexity index is 396. The van der Waals surface area contributed by atoms with Gasteiger partial charge in [0.25, 0.3) is 0 Å². The van der Waals surface area contributed by atoms with Crippen LogP contribution in [0.4, 0.5) is 0 Å². The van der Waals surface area contributed by atoms with Crippen molar-refractivity contribution in [1.82, 2.24) is 0 Å². The first-order valence-electron chi connectivity index (χ1n) is 7.09. The molecule has 19 heavy (non-hydrogen) atoms. The molecule has 1 aliphatic carbocycles. The fourth-order valence-corrected chi connectivity index (χ4v) is 3.21. The summed E-state index contributed by atoms with van der Waals surface area (Å²) in [6.45, 7) is 0.396. The van der Waals surface area contributed by atoms with E-state index in [4.69, 9.17) is 10.5 Å². The minimum absolute atomic E-state index is 0.123. The molecule has 0 amide bonds. The average molecular weight is 261 g/mol. The lowest BCUT2D eigenvalue weighted by Crippen LogP contribution is -2.34. The van der Waals surface area contributed by atoms with Crippen molar-refractivity contribution >= 4 is 5.97 Å². The Morgan fingerprint density at radius 1 is 1.26 bits per heavy atom. The van der Waals surface area contributed by atoms with Gasteiger partial charge in [0.15, 0.2) is 0 Å². The van der Waals surface area contributed by atoms with Crippen molar-refractivity contribution in [1.29, 1.82) is 0 Å². The van der Waals surface area contributed by atoms with Crippen LogP contribution >= 0.6 is 0 Å². The summed E-state index contributed by atoms with van der Waals surface area (Å²) >= 11 is 0. The Morgan fingerprint density at radius 2 is 1.89 bits per heavy atom. The lowest BCUT2D eigenvalue weighted by Gasteiger charge is -2.32. The van der Waals surface area contributed by atoms with Crippen molar-refractivity contribution in [2.75, 3.05) is 13.7 Å². The third-order valence-electron chi connectivity index (χ3n) is 4.37. The first-order chi connectivity index (χ1) is 9.26. The van der Waals surface area contributed by atoms with Crippen LogP contribution in [0.15, 0.2) is 30.3 Å². The van der Waals surface area contributed by atoms with Crippen molar-refractivity contribution in [2.24, 2.45) is 17.6 Å². The van der Waals surface area contributed by atoms with E-state index in [-0.39, 0.29) is 11.9 Å². The molecule has 104 valence electrons. The molecule has 1 aromatic carbocycles. The van der Waals surface area contributed by atoms with Crippen LogP contribution in [0.25, 0.3) is 0 Å². The summed E-state index contributed by atoms with van der Waals surface area (Å²) in [5, 5.41) is 0. The van der Waals surface area contributed by atoms with Crippen LogP contribution in [0.3, 0.4) is 0 Å². The van der Waals surface area contributed by atoms with Crippen molar-refractivity contribution in [3.63, 3.8) is 0 Å². The number of carbonyl (C=O) groups is 1. The predicted molar refractivity (Wildman–Crippen MR) is 75.7 cm³/mol. The largest absolute Gasteiger partial charge is 0.469 e. The summed E-state index contributed by atoms with van der Waals surface area (Å²) in [5.41, 5.74) is 7.14. The topological polar surface area (TPSA) is 52.3 Å². The monoisotopic (exact) mass is 261 g/mol. The van der Waals surface area contributed by atoms with Gasteiger partial charge in [-0.05, 0) is 43.1 Å². The van der Waals surface area contributed by atoms with Gasteiger partial charge < -0.3 is 10.5 Å². The smallest absolute Gasteiger partial charge is 0.310 e. The molecule has 2 rings (SSSR count). The molecule has 3 nitrogen and oxygen atoms in total. The lowest BCUT2D eigenvalue weighted by atomic mass is 9.74. The average Bonchev–Trinajstić information content (AvgIpc) is 2.49. The van der Waals surface area contributed by atoms with Crippen molar-refractivity contribution in [3.8, 4) is 0 Å². The van der Waals surface area contributed by atoms with E-state index in [1.807, 2.05) is 0 Å². The Hall–Kier alpha value is -1.35. The molecule has 1 aromatic rings. The van der Waals surface area contributed by atoms with Crippen molar-refractivity contribution < 1.29 is 9.53 Å². The van der Waals surface area contributed by atoms with Gasteiger partial charge in [0.1, 0.15) is 0 Å². The highest BCUT2D eigenvalue weighted by Gasteiger charge is 2.32. The fourth-order valence-electron chi connectivity index (χ4n) is 3.21. The van der Waals surface area contributed by atoms with Crippen LogP contribution in [0, 0.1) is 11.8 Å². The van der Waals surface area contributed by atoms with Crippen LogP contribution in [-0.4, -0.2) is 19.6 Å². The maximum Gasteiger partial charge on any atom is 0.310 e. The van der Waals surface area contributed by atoms with Crippen molar-refractivity contribution in [3.05, 3.63) is 35.9 Å². The molecular formula is C16H23NO2. The molecule has 1 atom stereocenters. The number of hydrogen-bond acceptors (Lipinski definition) is 3. The number of nitrogens with two attached hydrogens (primary N) is 1. The lowest BCUT2D eigenvalue weighted by molar-refractivity contribution is -0.147. The molecule has 3 heteroatoms. The van der Waals surface area contributed by atoms with Gasteiger partial charge in [0, 0.05) is 6.54 Å². The molecule has 1 saturated carbocycles. The first-order valence-corrected chi connectivity index (χ1v) is 7.09. The van der Waals surface area contributed by atoms with Crippen LogP contribution < -0.4 is 5.73 Å². The molecule has 0 saturated heterocycles. The maximum absolute atomic E-state index is 11.7. The molecule has 1 aliphatic rings. The Kier molecular flexibility index (Phi) is 4.97. The van der Waals surface area contributed by atoms with E-state index < -0.39 is 0 Å². The van der Waals surface area contributed by atoms with Gasteiger partial charge in [-0.2, -0.15) is 0 Å². The highest BCUT2D eigenvalue weighted by atomic mass is 16.5. The Balaban J connectivity index is 1.93. The molecule has 0 radical (unpaired) electrons. The third-order valence-corrected chi connectivity index (χ3v) is 4.37. The third kappa shape index (κ3) is 3.35. The number of hydrogen-bond donors (Lipinski definition) is 1. The van der Waals surface area contributed by atoms with E-state index in [0.717, 1.165) is 25.7 Å². The fraction of sp³-hybridized carbons (Fsp3) is 0.562. The quantitative estimate of drug-likeness (QED) is 0.848. The second kappa shape index (κ2) is 6.71. The van der Waals surface area contributed by atoms with Gasteiger partial charge in [-0.1, -0.05) is 30.3 Å². The minimum atomic E-state index is -0.148. The molecule has 0 spiro atoms. The summed E-state index contributed by atoms with van der Waals surface area (Å²) < 4.78 is 4.85. The maximum atomic E-state index is 11.7. The second-order valence-corrected chi connectivity index (χ2v) is 5.39. The highest BCUT2D eigenvalue weighted by Crippen LogP contribution is 2.38. The standard InChI is InChI=1S/C16H23NO2/c1-19-16(18)15(11-17)14-9-7-13(8-10-14)12-5-3-2-4-6-12/h2-6,13-15H,7-11,17H2,1H3. The minimum Gasteiger partial charge on any atom is -0.469 e. The zero-order valence-corrected chi connectivity index (χ0v) is 11.5. The van der Waals surface area contributed by atoms with E-state index in [9.17, 15) is 4.79 Å². The summed E-state index contributed by atoms with van der Waals surface area (Å²) in [7, 11) is 1.45. The normalized spacial score (nSPS) is 24.7.